The second-order valence-electron chi connectivity index (χ2n) is 4.59. The van der Waals surface area contributed by atoms with Crippen molar-refractivity contribution in [1.82, 2.24) is 5.32 Å². The highest BCUT2D eigenvalue weighted by Gasteiger charge is 2.30. The van der Waals surface area contributed by atoms with Crippen molar-refractivity contribution >= 4 is 0 Å². The van der Waals surface area contributed by atoms with Crippen LogP contribution in [0.15, 0.2) is 24.3 Å². The van der Waals surface area contributed by atoms with Crippen molar-refractivity contribution in [2.45, 2.75) is 32.5 Å². The molecule has 0 fully saturated rings. The van der Waals surface area contributed by atoms with Crippen LogP contribution in [0.25, 0.3) is 0 Å². The summed E-state index contributed by atoms with van der Waals surface area (Å²) in [6, 6.07) is 5.49. The maximum absolute atomic E-state index is 12.6. The van der Waals surface area contributed by atoms with Gasteiger partial charge in [-0.3, -0.25) is 0 Å². The molecular formula is C13H18F3N. The van der Waals surface area contributed by atoms with Crippen LogP contribution < -0.4 is 5.32 Å². The van der Waals surface area contributed by atoms with Gasteiger partial charge < -0.3 is 5.32 Å². The Balaban J connectivity index is 2.97. The Morgan fingerprint density at radius 3 is 2.35 bits per heavy atom. The number of benzene rings is 1. The van der Waals surface area contributed by atoms with Crippen LogP contribution in [-0.4, -0.2) is 7.05 Å². The van der Waals surface area contributed by atoms with Gasteiger partial charge in [0.05, 0.1) is 5.56 Å². The molecule has 1 atom stereocenters. The fraction of sp³-hybridized carbons (Fsp3) is 0.538. The summed E-state index contributed by atoms with van der Waals surface area (Å²) in [5.74, 6) is 0.432. The number of rotatable bonds is 4. The summed E-state index contributed by atoms with van der Waals surface area (Å²) in [6.07, 6.45) is -3.45. The summed E-state index contributed by atoms with van der Waals surface area (Å²) >= 11 is 0. The molecule has 96 valence electrons. The van der Waals surface area contributed by atoms with Gasteiger partial charge in [-0.25, -0.2) is 0 Å². The van der Waals surface area contributed by atoms with E-state index in [4.69, 9.17) is 0 Å². The zero-order valence-electron chi connectivity index (χ0n) is 10.3. The third-order valence-corrected chi connectivity index (χ3v) is 2.67. The summed E-state index contributed by atoms with van der Waals surface area (Å²) in [6.45, 7) is 4.11. The van der Waals surface area contributed by atoms with E-state index >= 15 is 0 Å². The van der Waals surface area contributed by atoms with Crippen molar-refractivity contribution in [2.24, 2.45) is 5.92 Å². The molecule has 0 bridgehead atoms. The molecule has 0 aromatic heterocycles. The zero-order chi connectivity index (χ0) is 13.1. The zero-order valence-corrected chi connectivity index (χ0v) is 10.3. The SMILES string of the molecule is CNC(CC(C)C)c1cccc(C(F)(F)F)c1. The summed E-state index contributed by atoms with van der Waals surface area (Å²) in [7, 11) is 1.77. The predicted molar refractivity (Wildman–Crippen MR) is 62.7 cm³/mol. The van der Waals surface area contributed by atoms with Gasteiger partial charge in [-0.05, 0) is 37.1 Å². The van der Waals surface area contributed by atoms with E-state index in [1.807, 2.05) is 0 Å². The molecule has 0 saturated carbocycles. The minimum absolute atomic E-state index is 0.0303. The topological polar surface area (TPSA) is 12.0 Å². The highest BCUT2D eigenvalue weighted by atomic mass is 19.4. The summed E-state index contributed by atoms with van der Waals surface area (Å²) in [5.41, 5.74) is 0.107. The molecule has 1 N–H and O–H groups in total. The van der Waals surface area contributed by atoms with E-state index in [0.717, 1.165) is 12.5 Å². The molecule has 0 spiro atoms. The van der Waals surface area contributed by atoms with Crippen molar-refractivity contribution in [2.75, 3.05) is 7.05 Å². The van der Waals surface area contributed by atoms with E-state index in [2.05, 4.69) is 19.2 Å². The Hall–Kier alpha value is -1.03. The highest BCUT2D eigenvalue weighted by molar-refractivity contribution is 5.28. The van der Waals surface area contributed by atoms with Gasteiger partial charge in [-0.2, -0.15) is 13.2 Å². The standard InChI is InChI=1S/C13H18F3N/c1-9(2)7-12(17-3)10-5-4-6-11(8-10)13(14,15)16/h4-6,8-9,12,17H,7H2,1-3H3. The van der Waals surface area contributed by atoms with Crippen molar-refractivity contribution < 1.29 is 13.2 Å². The van der Waals surface area contributed by atoms with E-state index in [1.165, 1.54) is 12.1 Å². The highest BCUT2D eigenvalue weighted by Crippen LogP contribution is 2.31. The third-order valence-electron chi connectivity index (χ3n) is 2.67. The Morgan fingerprint density at radius 1 is 1.24 bits per heavy atom. The van der Waals surface area contributed by atoms with Crippen LogP contribution in [-0.2, 0) is 6.18 Å². The lowest BCUT2D eigenvalue weighted by Gasteiger charge is -2.20. The fourth-order valence-electron chi connectivity index (χ4n) is 1.82. The first-order valence-electron chi connectivity index (χ1n) is 5.69. The molecule has 1 rings (SSSR count). The first-order chi connectivity index (χ1) is 7.84. The smallest absolute Gasteiger partial charge is 0.313 e. The second-order valence-corrected chi connectivity index (χ2v) is 4.59. The predicted octanol–water partition coefficient (Wildman–Crippen LogP) is 4.01. The van der Waals surface area contributed by atoms with Crippen molar-refractivity contribution in [3.8, 4) is 0 Å². The van der Waals surface area contributed by atoms with Gasteiger partial charge in [-0.15, -0.1) is 0 Å². The molecule has 0 aliphatic carbocycles. The molecule has 0 aliphatic heterocycles. The molecule has 4 heteroatoms. The molecule has 1 unspecified atom stereocenters. The van der Waals surface area contributed by atoms with E-state index in [1.54, 1.807) is 13.1 Å². The molecule has 17 heavy (non-hydrogen) atoms. The van der Waals surface area contributed by atoms with Gasteiger partial charge >= 0.3 is 6.18 Å². The Labute approximate surface area is 100 Å². The fourth-order valence-corrected chi connectivity index (χ4v) is 1.82. The van der Waals surface area contributed by atoms with Crippen molar-refractivity contribution in [1.29, 1.82) is 0 Å². The van der Waals surface area contributed by atoms with Crippen LogP contribution >= 0.6 is 0 Å². The van der Waals surface area contributed by atoms with Crippen molar-refractivity contribution in [3.63, 3.8) is 0 Å². The van der Waals surface area contributed by atoms with Gasteiger partial charge in [0.25, 0.3) is 0 Å². The number of alkyl halides is 3. The van der Waals surface area contributed by atoms with E-state index in [9.17, 15) is 13.2 Å². The molecular weight excluding hydrogens is 227 g/mol. The molecule has 0 aliphatic rings. The molecule has 0 amide bonds. The van der Waals surface area contributed by atoms with Crippen LogP contribution in [0.1, 0.15) is 37.4 Å². The Bertz CT molecular complexity index is 358. The summed E-state index contributed by atoms with van der Waals surface area (Å²) in [4.78, 5) is 0. The maximum atomic E-state index is 12.6. The van der Waals surface area contributed by atoms with Gasteiger partial charge in [0.15, 0.2) is 0 Å². The molecule has 0 saturated heterocycles. The lowest BCUT2D eigenvalue weighted by atomic mass is 9.96. The summed E-state index contributed by atoms with van der Waals surface area (Å²) < 4.78 is 37.7. The lowest BCUT2D eigenvalue weighted by molar-refractivity contribution is -0.137. The number of nitrogens with one attached hydrogen (secondary N) is 1. The average molecular weight is 245 g/mol. The van der Waals surface area contributed by atoms with Gasteiger partial charge in [0, 0.05) is 6.04 Å². The monoisotopic (exact) mass is 245 g/mol. The largest absolute Gasteiger partial charge is 0.416 e. The first kappa shape index (κ1) is 14.0. The first-order valence-corrected chi connectivity index (χ1v) is 5.69. The van der Waals surface area contributed by atoms with E-state index in [0.29, 0.717) is 11.5 Å². The van der Waals surface area contributed by atoms with Gasteiger partial charge in [0.1, 0.15) is 0 Å². The molecule has 0 heterocycles. The summed E-state index contributed by atoms with van der Waals surface area (Å²) in [5, 5.41) is 3.06. The van der Waals surface area contributed by atoms with Crippen molar-refractivity contribution in [3.05, 3.63) is 35.4 Å². The average Bonchev–Trinajstić information content (AvgIpc) is 2.24. The minimum Gasteiger partial charge on any atom is -0.313 e. The molecule has 1 aromatic carbocycles. The minimum atomic E-state index is -4.27. The molecule has 1 nitrogen and oxygen atoms in total. The van der Waals surface area contributed by atoms with E-state index in [-0.39, 0.29) is 6.04 Å². The van der Waals surface area contributed by atoms with Crippen LogP contribution in [0.5, 0.6) is 0 Å². The van der Waals surface area contributed by atoms with Crippen LogP contribution in [0.4, 0.5) is 13.2 Å². The maximum Gasteiger partial charge on any atom is 0.416 e. The van der Waals surface area contributed by atoms with Crippen LogP contribution in [0.3, 0.4) is 0 Å². The second kappa shape index (κ2) is 5.54. The normalized spacial score (nSPS) is 14.1. The Morgan fingerprint density at radius 2 is 1.88 bits per heavy atom. The molecule has 1 aromatic rings. The quantitative estimate of drug-likeness (QED) is 0.845. The molecule has 0 radical (unpaired) electrons. The Kier molecular flexibility index (Phi) is 4.57. The van der Waals surface area contributed by atoms with E-state index < -0.39 is 11.7 Å². The van der Waals surface area contributed by atoms with Crippen LogP contribution in [0.2, 0.25) is 0 Å². The van der Waals surface area contributed by atoms with Gasteiger partial charge in [-0.1, -0.05) is 26.0 Å². The van der Waals surface area contributed by atoms with Gasteiger partial charge in [0.2, 0.25) is 0 Å². The van der Waals surface area contributed by atoms with Crippen LogP contribution in [0, 0.1) is 5.92 Å². The number of hydrogen-bond donors (Lipinski definition) is 1. The number of hydrogen-bond acceptors (Lipinski definition) is 1. The lowest BCUT2D eigenvalue weighted by Crippen LogP contribution is -2.19. The number of halogens is 3. The third kappa shape index (κ3) is 4.04.